The first kappa shape index (κ1) is 21.5. The molecule has 2 aromatic heterocycles. The third-order valence-electron chi connectivity index (χ3n) is 3.69. The molecule has 3 rings (SSSR count). The van der Waals surface area contributed by atoms with Crippen LogP contribution in [0.1, 0.15) is 11.5 Å². The minimum Gasteiger partial charge on any atom is -0.467 e. The Balaban J connectivity index is 0.00000280. The third-order valence-corrected chi connectivity index (χ3v) is 3.69. The summed E-state index contributed by atoms with van der Waals surface area (Å²) in [4.78, 5) is 20.4. The molecule has 0 aliphatic heterocycles. The van der Waals surface area contributed by atoms with Gasteiger partial charge in [0.15, 0.2) is 5.96 Å². The molecule has 9 heteroatoms. The molecule has 0 radical (unpaired) electrons. The van der Waals surface area contributed by atoms with E-state index in [9.17, 15) is 4.79 Å². The van der Waals surface area contributed by atoms with E-state index in [0.29, 0.717) is 30.7 Å². The fourth-order valence-electron chi connectivity index (χ4n) is 2.32. The average Bonchev–Trinajstić information content (AvgIpc) is 3.39. The summed E-state index contributed by atoms with van der Waals surface area (Å²) >= 11 is 0. The second-order valence-corrected chi connectivity index (χ2v) is 5.65. The van der Waals surface area contributed by atoms with E-state index >= 15 is 0 Å². The Bertz CT molecular complexity index is 878. The Morgan fingerprint density at radius 2 is 1.86 bits per heavy atom. The molecule has 2 heterocycles. The molecular formula is C19H22IN5O3. The van der Waals surface area contributed by atoms with Gasteiger partial charge >= 0.3 is 0 Å². The predicted molar refractivity (Wildman–Crippen MR) is 116 cm³/mol. The van der Waals surface area contributed by atoms with Gasteiger partial charge in [0.05, 0.1) is 31.6 Å². The van der Waals surface area contributed by atoms with Crippen LogP contribution in [0.4, 0.5) is 0 Å². The summed E-state index contributed by atoms with van der Waals surface area (Å²) in [6.45, 7) is 0.860. The first-order chi connectivity index (χ1) is 13.2. The van der Waals surface area contributed by atoms with Gasteiger partial charge in [-0.15, -0.1) is 24.0 Å². The number of carbonyl (C=O) groups is 1. The van der Waals surface area contributed by atoms with Gasteiger partial charge in [-0.1, -0.05) is 18.2 Å². The Morgan fingerprint density at radius 1 is 1.04 bits per heavy atom. The van der Waals surface area contributed by atoms with Crippen molar-refractivity contribution < 1.29 is 13.6 Å². The molecule has 0 aliphatic carbocycles. The fourth-order valence-corrected chi connectivity index (χ4v) is 2.32. The van der Waals surface area contributed by atoms with Gasteiger partial charge in [0.2, 0.25) is 11.8 Å². The maximum Gasteiger partial charge on any atom is 0.239 e. The molecule has 148 valence electrons. The predicted octanol–water partition coefficient (Wildman–Crippen LogP) is 2.53. The summed E-state index contributed by atoms with van der Waals surface area (Å²) in [5.41, 5.74) is 1.65. The molecular weight excluding hydrogens is 473 g/mol. The van der Waals surface area contributed by atoms with Crippen LogP contribution in [0.2, 0.25) is 0 Å². The molecule has 0 fully saturated rings. The lowest BCUT2D eigenvalue weighted by molar-refractivity contribution is -0.120. The van der Waals surface area contributed by atoms with Crippen molar-refractivity contribution in [3.63, 3.8) is 0 Å². The lowest BCUT2D eigenvalue weighted by Gasteiger charge is -2.10. The van der Waals surface area contributed by atoms with Crippen LogP contribution in [0.15, 0.2) is 68.8 Å². The molecule has 1 aromatic carbocycles. The number of benzene rings is 1. The van der Waals surface area contributed by atoms with E-state index in [4.69, 9.17) is 8.83 Å². The van der Waals surface area contributed by atoms with Crippen molar-refractivity contribution in [2.24, 2.45) is 4.99 Å². The van der Waals surface area contributed by atoms with Crippen molar-refractivity contribution in [2.75, 3.05) is 13.6 Å². The number of nitrogens with one attached hydrogen (secondary N) is 3. The van der Waals surface area contributed by atoms with Gasteiger partial charge in [-0.3, -0.25) is 9.79 Å². The largest absolute Gasteiger partial charge is 0.467 e. The number of carbonyl (C=O) groups excluding carboxylic acids is 1. The Labute approximate surface area is 179 Å². The number of rotatable bonds is 7. The highest BCUT2D eigenvalue weighted by Crippen LogP contribution is 2.17. The van der Waals surface area contributed by atoms with Crippen LogP contribution < -0.4 is 16.0 Å². The van der Waals surface area contributed by atoms with Gasteiger partial charge in [-0.05, 0) is 24.3 Å². The Morgan fingerprint density at radius 3 is 2.57 bits per heavy atom. The lowest BCUT2D eigenvalue weighted by Crippen LogP contribution is -2.42. The highest BCUT2D eigenvalue weighted by Gasteiger charge is 2.08. The summed E-state index contributed by atoms with van der Waals surface area (Å²) in [7, 11) is 1.63. The molecule has 0 atom stereocenters. The molecule has 28 heavy (non-hydrogen) atoms. The highest BCUT2D eigenvalue weighted by atomic mass is 127. The monoisotopic (exact) mass is 495 g/mol. The van der Waals surface area contributed by atoms with Crippen molar-refractivity contribution in [1.82, 2.24) is 20.9 Å². The van der Waals surface area contributed by atoms with Gasteiger partial charge in [0, 0.05) is 12.6 Å². The van der Waals surface area contributed by atoms with Gasteiger partial charge in [-0.2, -0.15) is 0 Å². The molecule has 0 saturated carbocycles. The van der Waals surface area contributed by atoms with Gasteiger partial charge in [-0.25, -0.2) is 4.98 Å². The van der Waals surface area contributed by atoms with Gasteiger partial charge in [0.25, 0.3) is 0 Å². The van der Waals surface area contributed by atoms with E-state index in [0.717, 1.165) is 11.3 Å². The second-order valence-electron chi connectivity index (χ2n) is 5.65. The maximum absolute atomic E-state index is 11.9. The van der Waals surface area contributed by atoms with Crippen LogP contribution in [-0.2, 0) is 17.9 Å². The summed E-state index contributed by atoms with van der Waals surface area (Å²) in [5.74, 6) is 1.59. The molecule has 0 bridgehead atoms. The second kappa shape index (κ2) is 11.1. The number of amides is 1. The smallest absolute Gasteiger partial charge is 0.239 e. The van der Waals surface area contributed by atoms with E-state index < -0.39 is 0 Å². The number of hydrogen-bond donors (Lipinski definition) is 3. The van der Waals surface area contributed by atoms with Crippen molar-refractivity contribution in [3.8, 4) is 11.5 Å². The SMILES string of the molecule is CN=C(NCC(=O)NCc1ccco1)NCc1coc(-c2ccccc2)n1.I. The zero-order valence-corrected chi connectivity index (χ0v) is 17.7. The number of nitrogens with zero attached hydrogens (tertiary/aromatic N) is 2. The number of guanidine groups is 1. The zero-order chi connectivity index (χ0) is 18.9. The summed E-state index contributed by atoms with van der Waals surface area (Å²) < 4.78 is 10.7. The zero-order valence-electron chi connectivity index (χ0n) is 15.3. The summed E-state index contributed by atoms with van der Waals surface area (Å²) in [5, 5.41) is 8.79. The standard InChI is InChI=1S/C19H21N5O3.HI/c1-20-19(23-12-17(25)21-11-16-8-5-9-26-16)22-10-15-13-27-18(24-15)14-6-3-2-4-7-14;/h2-9,13H,10-12H2,1H3,(H,21,25)(H2,20,22,23);1H. The normalized spacial score (nSPS) is 10.8. The molecule has 3 N–H and O–H groups in total. The fraction of sp³-hybridized carbons (Fsp3) is 0.211. The minimum absolute atomic E-state index is 0. The topological polar surface area (TPSA) is 105 Å². The van der Waals surface area contributed by atoms with Crippen LogP contribution >= 0.6 is 24.0 Å². The van der Waals surface area contributed by atoms with E-state index in [1.54, 1.807) is 31.7 Å². The average molecular weight is 495 g/mol. The molecule has 0 saturated heterocycles. The van der Waals surface area contributed by atoms with E-state index in [2.05, 4.69) is 25.9 Å². The van der Waals surface area contributed by atoms with E-state index in [1.165, 1.54) is 0 Å². The minimum atomic E-state index is -0.165. The van der Waals surface area contributed by atoms with Crippen LogP contribution in [0.3, 0.4) is 0 Å². The number of hydrogen-bond acceptors (Lipinski definition) is 5. The Hall–Kier alpha value is -2.82. The van der Waals surface area contributed by atoms with Gasteiger partial charge in [0.1, 0.15) is 12.0 Å². The number of aliphatic imine (C=N–C) groups is 1. The van der Waals surface area contributed by atoms with E-state index in [1.807, 2.05) is 30.3 Å². The molecule has 0 aliphatic rings. The molecule has 0 spiro atoms. The van der Waals surface area contributed by atoms with Crippen molar-refractivity contribution >= 4 is 35.8 Å². The highest BCUT2D eigenvalue weighted by molar-refractivity contribution is 14.0. The molecule has 3 aromatic rings. The number of furan rings is 1. The van der Waals surface area contributed by atoms with Crippen LogP contribution in [-0.4, -0.2) is 30.4 Å². The summed E-state index contributed by atoms with van der Waals surface area (Å²) in [6, 6.07) is 13.2. The molecule has 1 amide bonds. The van der Waals surface area contributed by atoms with Crippen molar-refractivity contribution in [2.45, 2.75) is 13.1 Å². The third kappa shape index (κ3) is 6.41. The van der Waals surface area contributed by atoms with Crippen LogP contribution in [0.25, 0.3) is 11.5 Å². The maximum atomic E-state index is 11.9. The van der Waals surface area contributed by atoms with Gasteiger partial charge < -0.3 is 24.8 Å². The summed E-state index contributed by atoms with van der Waals surface area (Å²) in [6.07, 6.45) is 3.16. The van der Waals surface area contributed by atoms with Crippen molar-refractivity contribution in [3.05, 3.63) is 66.4 Å². The number of oxazole rings is 1. The van der Waals surface area contributed by atoms with Crippen molar-refractivity contribution in [1.29, 1.82) is 0 Å². The molecule has 0 unspecified atom stereocenters. The first-order valence-electron chi connectivity index (χ1n) is 8.48. The first-order valence-corrected chi connectivity index (χ1v) is 8.48. The van der Waals surface area contributed by atoms with Crippen LogP contribution in [0.5, 0.6) is 0 Å². The number of aromatic nitrogens is 1. The number of halogens is 1. The quantitative estimate of drug-likeness (QED) is 0.265. The van der Waals surface area contributed by atoms with Crippen LogP contribution in [0, 0.1) is 0 Å². The lowest BCUT2D eigenvalue weighted by atomic mass is 10.2. The molecule has 8 nitrogen and oxygen atoms in total. The van der Waals surface area contributed by atoms with E-state index in [-0.39, 0.29) is 36.4 Å². The Kier molecular flexibility index (Phi) is 8.53.